The number of methoxy groups -OCH3 is 2. The van der Waals surface area contributed by atoms with Crippen LogP contribution in [0.4, 0.5) is 0 Å². The van der Waals surface area contributed by atoms with E-state index >= 15 is 0 Å². The minimum absolute atomic E-state index is 0.250. The van der Waals surface area contributed by atoms with Crippen LogP contribution in [0.25, 0.3) is 22.2 Å². The second-order valence-electron chi connectivity index (χ2n) is 6.89. The van der Waals surface area contributed by atoms with Gasteiger partial charge in [0.2, 0.25) is 0 Å². The molecule has 0 aliphatic rings. The summed E-state index contributed by atoms with van der Waals surface area (Å²) >= 11 is 0. The lowest BCUT2D eigenvalue weighted by molar-refractivity contribution is 0.355. The molecule has 0 saturated heterocycles. The standard InChI is InChI=1S/C22H22N2O4S/c1-15-7-9-16(10-8-15)29(25,26)24-11-5-6-19(24)18-14-23(2)20-13-22(28-4)21(27-3)12-17(18)20/h5-14H,1-4H3. The van der Waals surface area contributed by atoms with Gasteiger partial charge in [-0.25, -0.2) is 12.4 Å². The first-order chi connectivity index (χ1) is 13.9. The van der Waals surface area contributed by atoms with Crippen LogP contribution in [0.3, 0.4) is 0 Å². The average molecular weight is 410 g/mol. The Labute approximate surface area is 170 Å². The monoisotopic (exact) mass is 410 g/mol. The minimum atomic E-state index is -3.73. The molecule has 0 atom stereocenters. The summed E-state index contributed by atoms with van der Waals surface area (Å²) in [5, 5.41) is 0.879. The molecule has 0 bridgehead atoms. The van der Waals surface area contributed by atoms with Gasteiger partial charge in [-0.05, 0) is 37.3 Å². The Bertz CT molecular complexity index is 1300. The van der Waals surface area contributed by atoms with E-state index in [1.54, 1.807) is 56.8 Å². The van der Waals surface area contributed by atoms with Crippen LogP contribution in [0.2, 0.25) is 0 Å². The Kier molecular flexibility index (Phi) is 4.62. The van der Waals surface area contributed by atoms with Crippen molar-refractivity contribution >= 4 is 20.9 Å². The number of aromatic nitrogens is 2. The van der Waals surface area contributed by atoms with Gasteiger partial charge in [-0.3, -0.25) is 0 Å². The topological polar surface area (TPSA) is 62.5 Å². The second-order valence-corrected chi connectivity index (χ2v) is 8.70. The fraction of sp³-hybridized carbons (Fsp3) is 0.182. The van der Waals surface area contributed by atoms with Gasteiger partial charge in [-0.15, -0.1) is 0 Å². The zero-order valence-corrected chi connectivity index (χ0v) is 17.5. The molecule has 4 aromatic rings. The zero-order valence-electron chi connectivity index (χ0n) is 16.7. The highest BCUT2D eigenvalue weighted by atomic mass is 32.2. The molecule has 4 rings (SSSR count). The largest absolute Gasteiger partial charge is 0.493 e. The second kappa shape index (κ2) is 7.00. The number of benzene rings is 2. The predicted octanol–water partition coefficient (Wildman–Crippen LogP) is 4.21. The van der Waals surface area contributed by atoms with Gasteiger partial charge in [0, 0.05) is 36.5 Å². The maximum absolute atomic E-state index is 13.3. The first kappa shape index (κ1) is 19.1. The van der Waals surface area contributed by atoms with Gasteiger partial charge in [0.05, 0.1) is 30.3 Å². The van der Waals surface area contributed by atoms with Crippen molar-refractivity contribution in [1.29, 1.82) is 0 Å². The number of hydrogen-bond donors (Lipinski definition) is 0. The van der Waals surface area contributed by atoms with Crippen LogP contribution >= 0.6 is 0 Å². The highest BCUT2D eigenvalue weighted by Crippen LogP contribution is 2.38. The van der Waals surface area contributed by atoms with E-state index in [4.69, 9.17) is 9.47 Å². The van der Waals surface area contributed by atoms with E-state index in [1.165, 1.54) is 3.97 Å². The van der Waals surface area contributed by atoms with E-state index in [2.05, 4.69) is 0 Å². The molecule has 2 aromatic carbocycles. The molecule has 0 aliphatic carbocycles. The van der Waals surface area contributed by atoms with Crippen molar-refractivity contribution in [2.75, 3.05) is 14.2 Å². The molecular formula is C22H22N2O4S. The van der Waals surface area contributed by atoms with Gasteiger partial charge in [0.25, 0.3) is 10.0 Å². The molecule has 6 nitrogen and oxygen atoms in total. The third-order valence-electron chi connectivity index (χ3n) is 5.06. The van der Waals surface area contributed by atoms with Crippen molar-refractivity contribution in [2.24, 2.45) is 7.05 Å². The van der Waals surface area contributed by atoms with Crippen molar-refractivity contribution in [3.8, 4) is 22.8 Å². The number of rotatable bonds is 5. The SMILES string of the molecule is COc1cc2c(-c3cccn3S(=O)(=O)c3ccc(C)cc3)cn(C)c2cc1OC. The summed E-state index contributed by atoms with van der Waals surface area (Å²) in [6.07, 6.45) is 3.49. The lowest BCUT2D eigenvalue weighted by Crippen LogP contribution is -2.13. The molecule has 29 heavy (non-hydrogen) atoms. The highest BCUT2D eigenvalue weighted by Gasteiger charge is 2.22. The smallest absolute Gasteiger partial charge is 0.268 e. The molecule has 0 unspecified atom stereocenters. The fourth-order valence-corrected chi connectivity index (χ4v) is 4.88. The minimum Gasteiger partial charge on any atom is -0.493 e. The molecular weight excluding hydrogens is 388 g/mol. The average Bonchev–Trinajstić information content (AvgIpc) is 3.32. The normalized spacial score (nSPS) is 11.7. The van der Waals surface area contributed by atoms with Gasteiger partial charge in [-0.1, -0.05) is 17.7 Å². The highest BCUT2D eigenvalue weighted by molar-refractivity contribution is 7.90. The molecule has 0 aliphatic heterocycles. The summed E-state index contributed by atoms with van der Waals surface area (Å²) in [5.41, 5.74) is 3.30. The Balaban J connectivity index is 1.93. The van der Waals surface area contributed by atoms with Crippen LogP contribution in [0.15, 0.2) is 65.8 Å². The molecule has 150 valence electrons. The number of hydrogen-bond acceptors (Lipinski definition) is 4. The van der Waals surface area contributed by atoms with Crippen LogP contribution in [-0.4, -0.2) is 31.2 Å². The van der Waals surface area contributed by atoms with E-state index in [0.717, 1.165) is 22.0 Å². The molecule has 0 spiro atoms. The zero-order chi connectivity index (χ0) is 20.8. The summed E-state index contributed by atoms with van der Waals surface area (Å²) in [7, 11) is 1.36. The first-order valence-corrected chi connectivity index (χ1v) is 10.5. The Morgan fingerprint density at radius 2 is 1.59 bits per heavy atom. The van der Waals surface area contributed by atoms with Gasteiger partial charge in [-0.2, -0.15) is 0 Å². The number of aryl methyl sites for hydroxylation is 2. The van der Waals surface area contributed by atoms with Crippen LogP contribution in [0.1, 0.15) is 5.56 Å². The number of fused-ring (bicyclic) bond motifs is 1. The maximum atomic E-state index is 13.3. The van der Waals surface area contributed by atoms with Crippen molar-refractivity contribution in [3.63, 3.8) is 0 Å². The Morgan fingerprint density at radius 3 is 2.24 bits per heavy atom. The van der Waals surface area contributed by atoms with E-state index in [-0.39, 0.29) is 4.90 Å². The first-order valence-electron chi connectivity index (χ1n) is 9.08. The molecule has 0 saturated carbocycles. The van der Waals surface area contributed by atoms with E-state index in [9.17, 15) is 8.42 Å². The Hall–Kier alpha value is -3.19. The van der Waals surface area contributed by atoms with Crippen molar-refractivity contribution < 1.29 is 17.9 Å². The van der Waals surface area contributed by atoms with Crippen molar-refractivity contribution in [1.82, 2.24) is 8.54 Å². The molecule has 2 aromatic heterocycles. The van der Waals surface area contributed by atoms with Gasteiger partial charge in [0.15, 0.2) is 11.5 Å². The van der Waals surface area contributed by atoms with Crippen LogP contribution in [-0.2, 0) is 17.1 Å². The Morgan fingerprint density at radius 1 is 0.931 bits per heavy atom. The van der Waals surface area contributed by atoms with Crippen LogP contribution in [0.5, 0.6) is 11.5 Å². The number of nitrogens with zero attached hydrogens (tertiary/aromatic N) is 2. The van der Waals surface area contributed by atoms with Crippen molar-refractivity contribution in [3.05, 3.63) is 66.5 Å². The van der Waals surface area contributed by atoms with E-state index < -0.39 is 10.0 Å². The molecule has 0 fully saturated rings. The summed E-state index contributed by atoms with van der Waals surface area (Å²) in [6, 6.07) is 14.2. The van der Waals surface area contributed by atoms with Gasteiger partial charge >= 0.3 is 0 Å². The fourth-order valence-electron chi connectivity index (χ4n) is 3.52. The van der Waals surface area contributed by atoms with E-state index in [1.807, 2.05) is 36.9 Å². The summed E-state index contributed by atoms with van der Waals surface area (Å²) in [6.45, 7) is 1.93. The molecule has 0 radical (unpaired) electrons. The summed E-state index contributed by atoms with van der Waals surface area (Å²) in [5.74, 6) is 1.21. The van der Waals surface area contributed by atoms with Crippen LogP contribution < -0.4 is 9.47 Å². The lowest BCUT2D eigenvalue weighted by Gasteiger charge is -2.11. The number of ether oxygens (including phenoxy) is 2. The molecule has 7 heteroatoms. The molecule has 2 heterocycles. The van der Waals surface area contributed by atoms with Crippen LogP contribution in [0, 0.1) is 6.92 Å². The summed E-state index contributed by atoms with van der Waals surface area (Å²) in [4.78, 5) is 0.250. The third-order valence-corrected chi connectivity index (χ3v) is 6.77. The maximum Gasteiger partial charge on any atom is 0.268 e. The van der Waals surface area contributed by atoms with Crippen molar-refractivity contribution in [2.45, 2.75) is 11.8 Å². The molecule has 0 N–H and O–H groups in total. The van der Waals surface area contributed by atoms with E-state index in [0.29, 0.717) is 17.2 Å². The van der Waals surface area contributed by atoms with Gasteiger partial charge in [0.1, 0.15) is 0 Å². The third kappa shape index (κ3) is 3.07. The lowest BCUT2D eigenvalue weighted by atomic mass is 10.1. The molecule has 0 amide bonds. The quantitative estimate of drug-likeness (QED) is 0.494. The summed E-state index contributed by atoms with van der Waals surface area (Å²) < 4.78 is 40.7. The predicted molar refractivity (Wildman–Crippen MR) is 113 cm³/mol. The van der Waals surface area contributed by atoms with Gasteiger partial charge < -0.3 is 14.0 Å².